The molecular formula is C22H26N4O. The van der Waals surface area contributed by atoms with Crippen LogP contribution in [-0.2, 0) is 13.0 Å². The fourth-order valence-corrected chi connectivity index (χ4v) is 2.77. The summed E-state index contributed by atoms with van der Waals surface area (Å²) >= 11 is 0. The van der Waals surface area contributed by atoms with Crippen molar-refractivity contribution in [3.8, 4) is 5.75 Å². The molecule has 0 radical (unpaired) electrons. The number of nitrogens with zero attached hydrogens (tertiary/aromatic N) is 2. The summed E-state index contributed by atoms with van der Waals surface area (Å²) in [5, 5.41) is 6.76. The van der Waals surface area contributed by atoms with Gasteiger partial charge in [0.15, 0.2) is 0 Å². The van der Waals surface area contributed by atoms with E-state index < -0.39 is 0 Å². The molecule has 3 aromatic rings. The summed E-state index contributed by atoms with van der Waals surface area (Å²) in [6.45, 7) is 5.54. The molecule has 27 heavy (non-hydrogen) atoms. The summed E-state index contributed by atoms with van der Waals surface area (Å²) in [6.07, 6.45) is 0.916. The Hall–Kier alpha value is -3.08. The molecule has 0 aliphatic rings. The quantitative estimate of drug-likeness (QED) is 0.623. The third kappa shape index (κ3) is 5.71. The summed E-state index contributed by atoms with van der Waals surface area (Å²) in [7, 11) is 1.68. The lowest BCUT2D eigenvalue weighted by Crippen LogP contribution is -2.09. The van der Waals surface area contributed by atoms with E-state index in [-0.39, 0.29) is 0 Å². The van der Waals surface area contributed by atoms with Crippen molar-refractivity contribution >= 4 is 11.6 Å². The van der Waals surface area contributed by atoms with Gasteiger partial charge in [-0.3, -0.25) is 0 Å². The maximum atomic E-state index is 5.19. The molecule has 140 valence electrons. The van der Waals surface area contributed by atoms with E-state index >= 15 is 0 Å². The van der Waals surface area contributed by atoms with Crippen LogP contribution >= 0.6 is 0 Å². The van der Waals surface area contributed by atoms with Crippen LogP contribution in [0.2, 0.25) is 0 Å². The van der Waals surface area contributed by atoms with Crippen molar-refractivity contribution in [1.29, 1.82) is 0 Å². The molecule has 0 spiro atoms. The zero-order valence-corrected chi connectivity index (χ0v) is 16.1. The van der Waals surface area contributed by atoms with Gasteiger partial charge in [0, 0.05) is 19.2 Å². The molecule has 0 fully saturated rings. The average Bonchev–Trinajstić information content (AvgIpc) is 2.68. The van der Waals surface area contributed by atoms with Crippen molar-refractivity contribution in [2.75, 3.05) is 24.3 Å². The molecule has 0 bridgehead atoms. The minimum atomic E-state index is 0.738. The van der Waals surface area contributed by atoms with Crippen molar-refractivity contribution < 1.29 is 4.74 Å². The average molecular weight is 362 g/mol. The van der Waals surface area contributed by atoms with Crippen molar-refractivity contribution in [2.45, 2.75) is 26.8 Å². The van der Waals surface area contributed by atoms with Gasteiger partial charge in [0.2, 0.25) is 0 Å². The van der Waals surface area contributed by atoms with Crippen LogP contribution in [0.4, 0.5) is 11.6 Å². The Labute approximate surface area is 160 Å². The monoisotopic (exact) mass is 362 g/mol. The number of rotatable bonds is 8. The number of methoxy groups -OCH3 is 1. The van der Waals surface area contributed by atoms with Gasteiger partial charge in [-0.15, -0.1) is 0 Å². The Kier molecular flexibility index (Phi) is 6.26. The number of nitrogens with one attached hydrogen (secondary N) is 2. The van der Waals surface area contributed by atoms with E-state index in [2.05, 4.69) is 63.9 Å². The predicted molar refractivity (Wildman–Crippen MR) is 110 cm³/mol. The lowest BCUT2D eigenvalue weighted by atomic mass is 10.1. The SMILES string of the molecule is COc1ccc(CCNc2cc(NCc3ccc(C)cc3)nc(C)n2)cc1. The van der Waals surface area contributed by atoms with E-state index in [9.17, 15) is 0 Å². The van der Waals surface area contributed by atoms with Crippen molar-refractivity contribution in [3.05, 3.63) is 77.1 Å². The lowest BCUT2D eigenvalue weighted by molar-refractivity contribution is 0.414. The highest BCUT2D eigenvalue weighted by Crippen LogP contribution is 2.14. The fourth-order valence-electron chi connectivity index (χ4n) is 2.77. The molecule has 0 atom stereocenters. The van der Waals surface area contributed by atoms with Crippen LogP contribution in [0.1, 0.15) is 22.5 Å². The molecule has 5 heteroatoms. The van der Waals surface area contributed by atoms with E-state index in [4.69, 9.17) is 4.74 Å². The molecule has 2 aromatic carbocycles. The summed E-state index contributed by atoms with van der Waals surface area (Å²) in [5.41, 5.74) is 3.75. The first-order chi connectivity index (χ1) is 13.1. The van der Waals surface area contributed by atoms with Crippen LogP contribution in [0, 0.1) is 13.8 Å². The number of ether oxygens (including phenoxy) is 1. The second-order valence-corrected chi connectivity index (χ2v) is 6.55. The lowest BCUT2D eigenvalue weighted by Gasteiger charge is -2.11. The minimum Gasteiger partial charge on any atom is -0.497 e. The maximum Gasteiger partial charge on any atom is 0.132 e. The van der Waals surface area contributed by atoms with Crippen molar-refractivity contribution in [1.82, 2.24) is 9.97 Å². The summed E-state index contributed by atoms with van der Waals surface area (Å²) < 4.78 is 5.19. The number of aryl methyl sites for hydroxylation is 2. The Morgan fingerprint density at radius 3 is 2.11 bits per heavy atom. The zero-order chi connectivity index (χ0) is 19.1. The van der Waals surface area contributed by atoms with Crippen LogP contribution in [0.5, 0.6) is 5.75 Å². The molecule has 0 saturated heterocycles. The molecule has 0 aliphatic carbocycles. The smallest absolute Gasteiger partial charge is 0.132 e. The molecule has 0 amide bonds. The molecule has 3 rings (SSSR count). The third-order valence-electron chi connectivity index (χ3n) is 4.31. The second-order valence-electron chi connectivity index (χ2n) is 6.55. The third-order valence-corrected chi connectivity index (χ3v) is 4.31. The first-order valence-corrected chi connectivity index (χ1v) is 9.14. The highest BCUT2D eigenvalue weighted by Gasteiger charge is 2.03. The van der Waals surface area contributed by atoms with Gasteiger partial charge in [-0.2, -0.15) is 0 Å². The Bertz CT molecular complexity index is 860. The molecule has 2 N–H and O–H groups in total. The van der Waals surface area contributed by atoms with Crippen molar-refractivity contribution in [3.63, 3.8) is 0 Å². The number of hydrogen-bond donors (Lipinski definition) is 2. The normalized spacial score (nSPS) is 10.5. The van der Waals surface area contributed by atoms with E-state index in [0.717, 1.165) is 42.7 Å². The van der Waals surface area contributed by atoms with Gasteiger partial charge < -0.3 is 15.4 Å². The summed E-state index contributed by atoms with van der Waals surface area (Å²) in [4.78, 5) is 8.95. The Morgan fingerprint density at radius 1 is 0.815 bits per heavy atom. The highest BCUT2D eigenvalue weighted by molar-refractivity contribution is 5.48. The standard InChI is InChI=1S/C22H26N4O/c1-16-4-6-19(7-5-16)15-24-22-14-21(25-17(2)26-22)23-13-12-18-8-10-20(27-3)11-9-18/h4-11,14H,12-13,15H2,1-3H3,(H2,23,24,25,26). The number of aromatic nitrogens is 2. The van der Waals surface area contributed by atoms with Gasteiger partial charge in [0.25, 0.3) is 0 Å². The molecule has 1 heterocycles. The highest BCUT2D eigenvalue weighted by atomic mass is 16.5. The number of benzene rings is 2. The second kappa shape index (κ2) is 9.03. The van der Waals surface area contributed by atoms with Gasteiger partial charge in [-0.05, 0) is 43.5 Å². The van der Waals surface area contributed by atoms with Crippen LogP contribution < -0.4 is 15.4 Å². The summed E-state index contributed by atoms with van der Waals surface area (Å²) in [5.74, 6) is 3.29. The Balaban J connectivity index is 1.55. The number of anilines is 2. The van der Waals surface area contributed by atoms with E-state index in [1.165, 1.54) is 16.7 Å². The van der Waals surface area contributed by atoms with E-state index in [1.807, 2.05) is 25.1 Å². The molecule has 0 saturated carbocycles. The zero-order valence-electron chi connectivity index (χ0n) is 16.1. The minimum absolute atomic E-state index is 0.738. The summed E-state index contributed by atoms with van der Waals surface area (Å²) in [6, 6.07) is 18.6. The van der Waals surface area contributed by atoms with Gasteiger partial charge in [-0.1, -0.05) is 42.0 Å². The molecule has 0 unspecified atom stereocenters. The molecule has 1 aromatic heterocycles. The van der Waals surface area contributed by atoms with Gasteiger partial charge >= 0.3 is 0 Å². The first kappa shape index (κ1) is 18.7. The van der Waals surface area contributed by atoms with E-state index in [1.54, 1.807) is 7.11 Å². The van der Waals surface area contributed by atoms with Crippen molar-refractivity contribution in [2.24, 2.45) is 0 Å². The van der Waals surface area contributed by atoms with Crippen LogP contribution in [-0.4, -0.2) is 23.6 Å². The van der Waals surface area contributed by atoms with Gasteiger partial charge in [0.05, 0.1) is 7.11 Å². The van der Waals surface area contributed by atoms with Gasteiger partial charge in [-0.25, -0.2) is 9.97 Å². The topological polar surface area (TPSA) is 59.1 Å². The van der Waals surface area contributed by atoms with Gasteiger partial charge in [0.1, 0.15) is 23.2 Å². The number of hydrogen-bond acceptors (Lipinski definition) is 5. The maximum absolute atomic E-state index is 5.19. The first-order valence-electron chi connectivity index (χ1n) is 9.14. The van der Waals surface area contributed by atoms with Crippen LogP contribution in [0.15, 0.2) is 54.6 Å². The fraction of sp³-hybridized carbons (Fsp3) is 0.273. The van der Waals surface area contributed by atoms with E-state index in [0.29, 0.717) is 0 Å². The predicted octanol–water partition coefficient (Wildman–Crippen LogP) is 4.37. The molecule has 5 nitrogen and oxygen atoms in total. The van der Waals surface area contributed by atoms with Crippen LogP contribution in [0.25, 0.3) is 0 Å². The molecular weight excluding hydrogens is 336 g/mol. The molecule has 0 aliphatic heterocycles. The largest absolute Gasteiger partial charge is 0.497 e. The Morgan fingerprint density at radius 2 is 1.44 bits per heavy atom. The van der Waals surface area contributed by atoms with Crippen LogP contribution in [0.3, 0.4) is 0 Å².